The Morgan fingerprint density at radius 1 is 0.288 bits per heavy atom. The molecule has 0 amide bonds. The van der Waals surface area contributed by atoms with Crippen molar-refractivity contribution in [3.63, 3.8) is 0 Å². The van der Waals surface area contributed by atoms with Gasteiger partial charge in [0.15, 0.2) is 46.0 Å². The first-order valence-corrected chi connectivity index (χ1v) is 18.1. The SMILES string of the molecule is Oc1c(O)c(N(c2ccc(-c3cc(-c4ccc(F)cc4)cc(-c4ccc(F)cc4)c3)cc2)c2c(O)c(O)c(-c3ccccc3)c(O)c2O)c(O)c(O)c1-c1ccccc1. The molecule has 11 heteroatoms. The van der Waals surface area contributed by atoms with Crippen LogP contribution in [0.4, 0.5) is 25.8 Å². The van der Waals surface area contributed by atoms with Gasteiger partial charge in [-0.2, -0.15) is 0 Å². The second kappa shape index (κ2) is 15.1. The van der Waals surface area contributed by atoms with Crippen LogP contribution in [0.5, 0.6) is 46.0 Å². The van der Waals surface area contributed by atoms with Gasteiger partial charge < -0.3 is 40.9 Å². The minimum absolute atomic E-state index is 0.0177. The Morgan fingerprint density at radius 2 is 0.576 bits per heavy atom. The van der Waals surface area contributed by atoms with Gasteiger partial charge in [0.2, 0.25) is 0 Å². The monoisotopic (exact) mass is 789 g/mol. The molecule has 0 spiro atoms. The van der Waals surface area contributed by atoms with Crippen LogP contribution in [0.3, 0.4) is 0 Å². The number of phenols is 8. The Bertz CT molecular complexity index is 2620. The number of halogens is 2. The molecule has 0 unspecified atom stereocenters. The molecule has 0 fully saturated rings. The van der Waals surface area contributed by atoms with Gasteiger partial charge >= 0.3 is 0 Å². The van der Waals surface area contributed by atoms with E-state index in [4.69, 9.17) is 0 Å². The van der Waals surface area contributed by atoms with Crippen LogP contribution in [0.1, 0.15) is 0 Å². The van der Waals surface area contributed by atoms with Crippen LogP contribution in [0.15, 0.2) is 152 Å². The van der Waals surface area contributed by atoms with Crippen molar-refractivity contribution in [3.05, 3.63) is 163 Å². The third-order valence-corrected chi connectivity index (χ3v) is 10.1. The normalized spacial score (nSPS) is 11.1. The standard InChI is InChI=1S/C48H33F2NO8/c49-34-17-11-26(12-18-34)31-23-32(27-13-19-35(50)20-14-27)25-33(24-31)28-15-21-36(22-16-28)51(39-45(56)41(52)37(42(53)46(39)57)29-7-3-1-4-8-29)40-47(58)43(54)38(44(55)48(40)59)30-9-5-2-6-10-30/h1-25,52-59H. The molecule has 8 N–H and O–H groups in total. The van der Waals surface area contributed by atoms with Crippen LogP contribution in [-0.2, 0) is 0 Å². The molecule has 9 nitrogen and oxygen atoms in total. The topological polar surface area (TPSA) is 165 Å². The van der Waals surface area contributed by atoms with E-state index in [-0.39, 0.29) is 27.9 Å². The van der Waals surface area contributed by atoms with Gasteiger partial charge in [0, 0.05) is 5.69 Å². The molecule has 8 aromatic rings. The summed E-state index contributed by atoms with van der Waals surface area (Å²) in [7, 11) is 0. The van der Waals surface area contributed by atoms with E-state index in [1.54, 1.807) is 72.8 Å². The highest BCUT2D eigenvalue weighted by molar-refractivity contribution is 6.00. The molecule has 0 aliphatic heterocycles. The van der Waals surface area contributed by atoms with Crippen molar-refractivity contribution in [2.24, 2.45) is 0 Å². The summed E-state index contributed by atoms with van der Waals surface area (Å²) < 4.78 is 27.8. The first-order valence-electron chi connectivity index (χ1n) is 18.1. The van der Waals surface area contributed by atoms with Crippen LogP contribution in [0.2, 0.25) is 0 Å². The van der Waals surface area contributed by atoms with E-state index in [2.05, 4.69) is 0 Å². The molecule has 292 valence electrons. The first-order chi connectivity index (χ1) is 28.4. The van der Waals surface area contributed by atoms with E-state index < -0.39 is 69.0 Å². The van der Waals surface area contributed by atoms with Gasteiger partial charge in [-0.1, -0.05) is 97.1 Å². The van der Waals surface area contributed by atoms with Crippen LogP contribution < -0.4 is 4.90 Å². The lowest BCUT2D eigenvalue weighted by Gasteiger charge is -2.30. The average molecular weight is 790 g/mol. The zero-order chi connectivity index (χ0) is 41.5. The third kappa shape index (κ3) is 6.76. The predicted molar refractivity (Wildman–Crippen MR) is 222 cm³/mol. The van der Waals surface area contributed by atoms with Gasteiger partial charge in [0.1, 0.15) is 23.0 Å². The molecular formula is C48H33F2NO8. The predicted octanol–water partition coefficient (Wildman–Crippen LogP) is 11.4. The molecule has 0 radical (unpaired) electrons. The molecule has 0 saturated heterocycles. The van der Waals surface area contributed by atoms with E-state index in [0.29, 0.717) is 33.4 Å². The van der Waals surface area contributed by atoms with Crippen molar-refractivity contribution in [3.8, 4) is 102 Å². The Kier molecular flexibility index (Phi) is 9.63. The number of rotatable bonds is 8. The first kappa shape index (κ1) is 37.7. The Labute approximate surface area is 335 Å². The van der Waals surface area contributed by atoms with Gasteiger partial charge in [0.05, 0.1) is 11.1 Å². The second-order valence-corrected chi connectivity index (χ2v) is 13.7. The average Bonchev–Trinajstić information content (AvgIpc) is 3.26. The lowest BCUT2D eigenvalue weighted by atomic mass is 9.93. The Morgan fingerprint density at radius 3 is 0.881 bits per heavy atom. The van der Waals surface area contributed by atoms with Crippen molar-refractivity contribution < 1.29 is 49.6 Å². The summed E-state index contributed by atoms with van der Waals surface area (Å²) in [5, 5.41) is 92.0. The summed E-state index contributed by atoms with van der Waals surface area (Å²) in [4.78, 5) is 0.862. The quantitative estimate of drug-likeness (QED) is 0.0552. The number of aromatic hydroxyl groups is 8. The number of benzene rings is 8. The van der Waals surface area contributed by atoms with Gasteiger partial charge in [-0.15, -0.1) is 0 Å². The number of hydrogen-bond acceptors (Lipinski definition) is 9. The fraction of sp³-hybridized carbons (Fsp3) is 0. The van der Waals surface area contributed by atoms with Crippen LogP contribution in [0.25, 0.3) is 55.6 Å². The third-order valence-electron chi connectivity index (χ3n) is 10.1. The van der Waals surface area contributed by atoms with Crippen LogP contribution >= 0.6 is 0 Å². The minimum atomic E-state index is -0.996. The highest BCUT2D eigenvalue weighted by Crippen LogP contribution is 2.63. The summed E-state index contributed by atoms with van der Waals surface area (Å²) in [5.74, 6) is -8.30. The van der Waals surface area contributed by atoms with Gasteiger partial charge in [-0.3, -0.25) is 4.90 Å². The zero-order valence-electron chi connectivity index (χ0n) is 30.7. The van der Waals surface area contributed by atoms with E-state index in [0.717, 1.165) is 4.90 Å². The highest BCUT2D eigenvalue weighted by Gasteiger charge is 2.35. The van der Waals surface area contributed by atoms with Gasteiger partial charge in [-0.05, 0) is 99.1 Å². The van der Waals surface area contributed by atoms with Crippen molar-refractivity contribution >= 4 is 17.1 Å². The van der Waals surface area contributed by atoms with E-state index in [9.17, 15) is 49.6 Å². The number of hydrogen-bond donors (Lipinski definition) is 8. The van der Waals surface area contributed by atoms with E-state index in [1.165, 1.54) is 60.7 Å². The lowest BCUT2D eigenvalue weighted by molar-refractivity contribution is 0.372. The molecule has 0 heterocycles. The Balaban J connectivity index is 1.34. The van der Waals surface area contributed by atoms with Crippen LogP contribution in [0, 0.1) is 11.6 Å². The minimum Gasteiger partial charge on any atom is -0.504 e. The molecule has 59 heavy (non-hydrogen) atoms. The zero-order valence-corrected chi connectivity index (χ0v) is 30.7. The summed E-state index contributed by atoms with van der Waals surface area (Å²) in [6.07, 6.45) is 0. The lowest BCUT2D eigenvalue weighted by Crippen LogP contribution is -2.12. The number of anilines is 3. The maximum absolute atomic E-state index is 13.9. The smallest absolute Gasteiger partial charge is 0.186 e. The second-order valence-electron chi connectivity index (χ2n) is 13.7. The fourth-order valence-corrected chi connectivity index (χ4v) is 7.14. The van der Waals surface area contributed by atoms with E-state index in [1.807, 2.05) is 18.2 Å². The van der Waals surface area contributed by atoms with Crippen molar-refractivity contribution in [2.45, 2.75) is 0 Å². The largest absolute Gasteiger partial charge is 0.504 e. The molecule has 0 saturated carbocycles. The molecule has 0 bridgehead atoms. The summed E-state index contributed by atoms with van der Waals surface area (Å²) in [6.45, 7) is 0. The van der Waals surface area contributed by atoms with Gasteiger partial charge in [0.25, 0.3) is 0 Å². The molecule has 8 rings (SSSR count). The van der Waals surface area contributed by atoms with Crippen LogP contribution in [-0.4, -0.2) is 40.9 Å². The molecule has 0 aromatic heterocycles. The van der Waals surface area contributed by atoms with Gasteiger partial charge in [-0.25, -0.2) is 8.78 Å². The summed E-state index contributed by atoms with van der Waals surface area (Å²) in [5.41, 5.74) is 2.41. The molecule has 0 aliphatic rings. The molecule has 0 atom stereocenters. The maximum Gasteiger partial charge on any atom is 0.186 e. The highest BCUT2D eigenvalue weighted by atomic mass is 19.1. The van der Waals surface area contributed by atoms with Crippen molar-refractivity contribution in [1.82, 2.24) is 0 Å². The molecule has 0 aliphatic carbocycles. The molecule has 8 aromatic carbocycles. The number of phenolic OH excluding ortho intramolecular Hbond substituents is 8. The van der Waals surface area contributed by atoms with Crippen molar-refractivity contribution in [1.29, 1.82) is 0 Å². The maximum atomic E-state index is 13.9. The van der Waals surface area contributed by atoms with E-state index >= 15 is 0 Å². The fourth-order valence-electron chi connectivity index (χ4n) is 7.14. The number of nitrogens with zero attached hydrogens (tertiary/aromatic N) is 1. The van der Waals surface area contributed by atoms with Crippen molar-refractivity contribution in [2.75, 3.05) is 4.90 Å². The Hall–Kier alpha value is -8.18. The summed E-state index contributed by atoms with van der Waals surface area (Å²) in [6, 6.07) is 39.5. The molecular weight excluding hydrogens is 757 g/mol. The summed E-state index contributed by atoms with van der Waals surface area (Å²) >= 11 is 0.